The van der Waals surface area contributed by atoms with E-state index in [9.17, 15) is 0 Å². The van der Waals surface area contributed by atoms with Gasteiger partial charge in [0.15, 0.2) is 0 Å². The maximum atomic E-state index is 5.87. The van der Waals surface area contributed by atoms with Gasteiger partial charge in [-0.3, -0.25) is 4.90 Å². The summed E-state index contributed by atoms with van der Waals surface area (Å²) < 4.78 is 0. The second kappa shape index (κ2) is 4.77. The van der Waals surface area contributed by atoms with Crippen LogP contribution in [0.1, 0.15) is 26.7 Å². The van der Waals surface area contributed by atoms with Crippen molar-refractivity contribution in [2.45, 2.75) is 32.7 Å². The lowest BCUT2D eigenvalue weighted by molar-refractivity contribution is 0.338. The molecule has 1 saturated heterocycles. The highest BCUT2D eigenvalue weighted by Crippen LogP contribution is 2.19. The van der Waals surface area contributed by atoms with Crippen molar-refractivity contribution in [3.63, 3.8) is 0 Å². The molecule has 1 rings (SSSR count). The predicted octanol–water partition coefficient (Wildman–Crippen LogP) is 1.62. The summed E-state index contributed by atoms with van der Waals surface area (Å²) >= 11 is 0. The fourth-order valence-corrected chi connectivity index (χ4v) is 1.86. The predicted molar refractivity (Wildman–Crippen MR) is 57.6 cm³/mol. The average molecular weight is 182 g/mol. The second-order valence-electron chi connectivity index (χ2n) is 4.25. The van der Waals surface area contributed by atoms with Gasteiger partial charge in [0.25, 0.3) is 0 Å². The molecule has 0 aromatic rings. The molecular weight excluding hydrogens is 160 g/mol. The SMILES string of the molecule is C=C(CC)CN1CCC(C(C)N)C1. The van der Waals surface area contributed by atoms with E-state index in [1.807, 2.05) is 0 Å². The molecular formula is C11H22N2. The van der Waals surface area contributed by atoms with Crippen LogP contribution in [0.4, 0.5) is 0 Å². The van der Waals surface area contributed by atoms with Gasteiger partial charge in [0.2, 0.25) is 0 Å². The van der Waals surface area contributed by atoms with Crippen LogP contribution in [0.3, 0.4) is 0 Å². The molecule has 2 N–H and O–H groups in total. The number of nitrogens with zero attached hydrogens (tertiary/aromatic N) is 1. The van der Waals surface area contributed by atoms with Gasteiger partial charge in [-0.2, -0.15) is 0 Å². The van der Waals surface area contributed by atoms with Crippen LogP contribution in [0, 0.1) is 5.92 Å². The molecule has 2 heteroatoms. The van der Waals surface area contributed by atoms with Crippen molar-refractivity contribution in [2.75, 3.05) is 19.6 Å². The lowest BCUT2D eigenvalue weighted by Crippen LogP contribution is -2.30. The van der Waals surface area contributed by atoms with Gasteiger partial charge in [0.1, 0.15) is 0 Å². The molecule has 76 valence electrons. The smallest absolute Gasteiger partial charge is 0.0190 e. The Kier molecular flexibility index (Phi) is 3.94. The molecule has 0 aromatic carbocycles. The molecule has 1 aliphatic heterocycles. The van der Waals surface area contributed by atoms with Crippen LogP contribution in [0.2, 0.25) is 0 Å². The minimum Gasteiger partial charge on any atom is -0.328 e. The van der Waals surface area contributed by atoms with Gasteiger partial charge in [-0.1, -0.05) is 19.1 Å². The maximum absolute atomic E-state index is 5.87. The first kappa shape index (κ1) is 10.7. The van der Waals surface area contributed by atoms with Crippen molar-refractivity contribution >= 4 is 0 Å². The zero-order chi connectivity index (χ0) is 9.84. The van der Waals surface area contributed by atoms with Crippen LogP contribution < -0.4 is 5.73 Å². The van der Waals surface area contributed by atoms with Crippen LogP contribution in [0.5, 0.6) is 0 Å². The van der Waals surface area contributed by atoms with Gasteiger partial charge in [-0.05, 0) is 32.2 Å². The van der Waals surface area contributed by atoms with E-state index >= 15 is 0 Å². The first-order valence-electron chi connectivity index (χ1n) is 5.28. The van der Waals surface area contributed by atoms with Crippen molar-refractivity contribution in [2.24, 2.45) is 11.7 Å². The lowest BCUT2D eigenvalue weighted by atomic mass is 10.0. The van der Waals surface area contributed by atoms with Gasteiger partial charge < -0.3 is 5.73 Å². The monoisotopic (exact) mass is 182 g/mol. The Morgan fingerprint density at radius 1 is 1.69 bits per heavy atom. The molecule has 2 nitrogen and oxygen atoms in total. The quantitative estimate of drug-likeness (QED) is 0.669. The summed E-state index contributed by atoms with van der Waals surface area (Å²) in [5, 5.41) is 0. The van der Waals surface area contributed by atoms with E-state index in [1.54, 1.807) is 0 Å². The van der Waals surface area contributed by atoms with Gasteiger partial charge >= 0.3 is 0 Å². The topological polar surface area (TPSA) is 29.3 Å². The Labute approximate surface area is 81.8 Å². The Hall–Kier alpha value is -0.340. The van der Waals surface area contributed by atoms with E-state index in [4.69, 9.17) is 5.73 Å². The standard InChI is InChI=1S/C11H22N2/c1-4-9(2)7-13-6-5-11(8-13)10(3)12/h10-11H,2,4-8,12H2,1,3H3. The van der Waals surface area contributed by atoms with E-state index in [1.165, 1.54) is 18.5 Å². The third-order valence-corrected chi connectivity index (χ3v) is 3.00. The molecule has 2 unspecified atom stereocenters. The number of hydrogen-bond donors (Lipinski definition) is 1. The first-order chi connectivity index (χ1) is 6.13. The Morgan fingerprint density at radius 3 is 2.85 bits per heavy atom. The Bertz CT molecular complexity index is 175. The van der Waals surface area contributed by atoms with Crippen molar-refractivity contribution in [1.29, 1.82) is 0 Å². The zero-order valence-corrected chi connectivity index (χ0v) is 8.92. The third kappa shape index (κ3) is 3.12. The van der Waals surface area contributed by atoms with Gasteiger partial charge in [0.05, 0.1) is 0 Å². The number of likely N-dealkylation sites (tertiary alicyclic amines) is 1. The lowest BCUT2D eigenvalue weighted by Gasteiger charge is -2.18. The van der Waals surface area contributed by atoms with Crippen LogP contribution in [-0.4, -0.2) is 30.6 Å². The summed E-state index contributed by atoms with van der Waals surface area (Å²) in [6.07, 6.45) is 2.36. The van der Waals surface area contributed by atoms with Crippen molar-refractivity contribution in [3.8, 4) is 0 Å². The normalized spacial score (nSPS) is 26.2. The highest BCUT2D eigenvalue weighted by atomic mass is 15.1. The summed E-state index contributed by atoms with van der Waals surface area (Å²) in [6, 6.07) is 0.347. The summed E-state index contributed by atoms with van der Waals surface area (Å²) in [5.41, 5.74) is 7.21. The van der Waals surface area contributed by atoms with E-state index in [0.717, 1.165) is 19.5 Å². The zero-order valence-electron chi connectivity index (χ0n) is 8.92. The van der Waals surface area contributed by atoms with E-state index in [0.29, 0.717) is 12.0 Å². The van der Waals surface area contributed by atoms with Crippen molar-refractivity contribution in [3.05, 3.63) is 12.2 Å². The summed E-state index contributed by atoms with van der Waals surface area (Å²) in [5.74, 6) is 0.699. The molecule has 1 aliphatic rings. The summed E-state index contributed by atoms with van der Waals surface area (Å²) in [7, 11) is 0. The molecule has 1 heterocycles. The minimum absolute atomic E-state index is 0.347. The molecule has 0 radical (unpaired) electrons. The highest BCUT2D eigenvalue weighted by Gasteiger charge is 2.24. The Balaban J connectivity index is 2.29. The number of rotatable bonds is 4. The molecule has 0 aliphatic carbocycles. The van der Waals surface area contributed by atoms with Gasteiger partial charge in [-0.15, -0.1) is 0 Å². The minimum atomic E-state index is 0.347. The fraction of sp³-hybridized carbons (Fsp3) is 0.818. The molecule has 0 aromatic heterocycles. The van der Waals surface area contributed by atoms with Gasteiger partial charge in [-0.25, -0.2) is 0 Å². The van der Waals surface area contributed by atoms with E-state index < -0.39 is 0 Å². The maximum Gasteiger partial charge on any atom is 0.0190 e. The summed E-state index contributed by atoms with van der Waals surface area (Å²) in [6.45, 7) is 11.7. The van der Waals surface area contributed by atoms with Crippen molar-refractivity contribution < 1.29 is 0 Å². The van der Waals surface area contributed by atoms with E-state index in [2.05, 4.69) is 25.3 Å². The number of nitrogens with two attached hydrogens (primary N) is 1. The third-order valence-electron chi connectivity index (χ3n) is 3.00. The fourth-order valence-electron chi connectivity index (χ4n) is 1.86. The second-order valence-corrected chi connectivity index (χ2v) is 4.25. The molecule has 0 amide bonds. The molecule has 0 bridgehead atoms. The van der Waals surface area contributed by atoms with Crippen molar-refractivity contribution in [1.82, 2.24) is 4.90 Å². The average Bonchev–Trinajstić information content (AvgIpc) is 2.52. The van der Waals surface area contributed by atoms with Gasteiger partial charge in [0, 0.05) is 19.1 Å². The molecule has 2 atom stereocenters. The van der Waals surface area contributed by atoms with Crippen LogP contribution in [-0.2, 0) is 0 Å². The Morgan fingerprint density at radius 2 is 2.38 bits per heavy atom. The van der Waals surface area contributed by atoms with E-state index in [-0.39, 0.29) is 0 Å². The highest BCUT2D eigenvalue weighted by molar-refractivity contribution is 4.97. The number of hydrogen-bond acceptors (Lipinski definition) is 2. The largest absolute Gasteiger partial charge is 0.328 e. The van der Waals surface area contributed by atoms with Crippen LogP contribution in [0.15, 0.2) is 12.2 Å². The molecule has 1 fully saturated rings. The van der Waals surface area contributed by atoms with Crippen LogP contribution >= 0.6 is 0 Å². The first-order valence-corrected chi connectivity index (χ1v) is 5.28. The molecule has 0 saturated carbocycles. The molecule has 13 heavy (non-hydrogen) atoms. The van der Waals surface area contributed by atoms with Crippen LogP contribution in [0.25, 0.3) is 0 Å². The molecule has 0 spiro atoms. The summed E-state index contributed by atoms with van der Waals surface area (Å²) in [4.78, 5) is 2.47.